The molecule has 144 valence electrons. The van der Waals surface area contributed by atoms with Crippen LogP contribution < -0.4 is 4.90 Å². The van der Waals surface area contributed by atoms with Crippen LogP contribution in [-0.2, 0) is 0 Å². The zero-order chi connectivity index (χ0) is 19.6. The van der Waals surface area contributed by atoms with E-state index in [1.807, 2.05) is 6.07 Å². The Balaban J connectivity index is 1.62. The Morgan fingerprint density at radius 1 is 0.963 bits per heavy atom. The summed E-state index contributed by atoms with van der Waals surface area (Å²) in [6, 6.07) is 11.8. The zero-order valence-corrected chi connectivity index (χ0v) is 16.0. The number of aryl methyl sites for hydroxylation is 1. The van der Waals surface area contributed by atoms with Gasteiger partial charge in [-0.05, 0) is 67.1 Å². The van der Waals surface area contributed by atoms with Gasteiger partial charge in [0, 0.05) is 42.3 Å². The van der Waals surface area contributed by atoms with E-state index < -0.39 is 5.51 Å². The third kappa shape index (κ3) is 4.77. The fraction of sp³-hybridized carbons (Fsp3) is 0.350. The van der Waals surface area contributed by atoms with Gasteiger partial charge in [0.05, 0.1) is 0 Å². The van der Waals surface area contributed by atoms with Crippen molar-refractivity contribution in [1.82, 2.24) is 4.90 Å². The van der Waals surface area contributed by atoms with E-state index in [0.717, 1.165) is 13.1 Å². The largest absolute Gasteiger partial charge is 0.446 e. The van der Waals surface area contributed by atoms with Crippen LogP contribution in [-0.4, -0.2) is 42.5 Å². The van der Waals surface area contributed by atoms with Gasteiger partial charge in [-0.15, -0.1) is 0 Å². The highest BCUT2D eigenvalue weighted by atomic mass is 32.2. The first-order chi connectivity index (χ1) is 12.7. The lowest BCUT2D eigenvalue weighted by molar-refractivity contribution is -0.0328. The summed E-state index contributed by atoms with van der Waals surface area (Å²) < 4.78 is 37.2. The summed E-state index contributed by atoms with van der Waals surface area (Å²) in [5, 5.41) is 0. The number of benzene rings is 2. The quantitative estimate of drug-likeness (QED) is 0.694. The predicted molar refractivity (Wildman–Crippen MR) is 102 cm³/mol. The summed E-state index contributed by atoms with van der Waals surface area (Å²) in [6.45, 7) is 6.83. The minimum absolute atomic E-state index is 0.0822. The van der Waals surface area contributed by atoms with Crippen molar-refractivity contribution in [3.63, 3.8) is 0 Å². The van der Waals surface area contributed by atoms with Crippen LogP contribution in [0.25, 0.3) is 0 Å². The number of rotatable bonds is 3. The molecule has 2 aromatic rings. The molecule has 1 heterocycles. The Labute approximate surface area is 161 Å². The summed E-state index contributed by atoms with van der Waals surface area (Å²) >= 11 is -0.174. The molecule has 0 aliphatic carbocycles. The zero-order valence-electron chi connectivity index (χ0n) is 15.2. The molecule has 27 heavy (non-hydrogen) atoms. The van der Waals surface area contributed by atoms with E-state index >= 15 is 0 Å². The number of anilines is 1. The summed E-state index contributed by atoms with van der Waals surface area (Å²) in [5.74, 6) is -0.140. The second kappa shape index (κ2) is 7.84. The van der Waals surface area contributed by atoms with Gasteiger partial charge in [-0.2, -0.15) is 13.2 Å². The monoisotopic (exact) mass is 394 g/mol. The highest BCUT2D eigenvalue weighted by Crippen LogP contribution is 2.36. The van der Waals surface area contributed by atoms with Crippen LogP contribution in [0.2, 0.25) is 0 Å². The maximum absolute atomic E-state index is 12.6. The lowest BCUT2D eigenvalue weighted by Crippen LogP contribution is -2.49. The highest BCUT2D eigenvalue weighted by molar-refractivity contribution is 8.00. The molecule has 1 fully saturated rings. The smallest absolute Gasteiger partial charge is 0.368 e. The second-order valence-electron chi connectivity index (χ2n) is 6.57. The van der Waals surface area contributed by atoms with Crippen molar-refractivity contribution in [3.8, 4) is 0 Å². The molecule has 0 bridgehead atoms. The molecule has 1 aliphatic heterocycles. The number of amides is 1. The molecule has 0 saturated carbocycles. The van der Waals surface area contributed by atoms with E-state index in [1.165, 1.54) is 41.1 Å². The minimum atomic E-state index is -4.32. The average molecular weight is 394 g/mol. The number of halogens is 3. The topological polar surface area (TPSA) is 23.6 Å². The van der Waals surface area contributed by atoms with E-state index in [4.69, 9.17) is 0 Å². The van der Waals surface area contributed by atoms with Crippen molar-refractivity contribution in [2.75, 3.05) is 31.1 Å². The Morgan fingerprint density at radius 2 is 1.59 bits per heavy atom. The van der Waals surface area contributed by atoms with Crippen LogP contribution in [0.3, 0.4) is 0 Å². The average Bonchev–Trinajstić information content (AvgIpc) is 2.63. The number of hydrogen-bond donors (Lipinski definition) is 0. The Hall–Kier alpha value is -2.15. The second-order valence-corrected chi connectivity index (χ2v) is 7.71. The van der Waals surface area contributed by atoms with Gasteiger partial charge >= 0.3 is 5.51 Å². The maximum atomic E-state index is 12.6. The molecule has 0 aromatic heterocycles. The molecule has 0 atom stereocenters. The van der Waals surface area contributed by atoms with Crippen LogP contribution in [0.4, 0.5) is 18.9 Å². The molecule has 1 amide bonds. The molecular formula is C20H21F3N2OS. The van der Waals surface area contributed by atoms with Gasteiger partial charge < -0.3 is 9.80 Å². The number of carbonyl (C=O) groups excluding carboxylic acids is 1. The van der Waals surface area contributed by atoms with E-state index in [0.29, 0.717) is 18.7 Å². The molecule has 0 radical (unpaired) electrons. The molecule has 3 nitrogen and oxygen atoms in total. The van der Waals surface area contributed by atoms with Crippen molar-refractivity contribution in [2.24, 2.45) is 0 Å². The van der Waals surface area contributed by atoms with Crippen LogP contribution in [0.5, 0.6) is 0 Å². The van der Waals surface area contributed by atoms with E-state index in [2.05, 4.69) is 30.9 Å². The standard InChI is InChI=1S/C20H21F3N2OS/c1-14-4-3-5-18(15(14)2)24-10-12-25(13-11-24)19(26)16-6-8-17(9-7-16)27-20(21,22)23/h3-9H,10-13H2,1-2H3. The van der Waals surface area contributed by atoms with Gasteiger partial charge in [0.2, 0.25) is 0 Å². The lowest BCUT2D eigenvalue weighted by Gasteiger charge is -2.37. The number of alkyl halides is 3. The number of thioether (sulfide) groups is 1. The van der Waals surface area contributed by atoms with Gasteiger partial charge in [-0.1, -0.05) is 12.1 Å². The van der Waals surface area contributed by atoms with Gasteiger partial charge in [0.1, 0.15) is 0 Å². The SMILES string of the molecule is Cc1cccc(N2CCN(C(=O)c3ccc(SC(F)(F)F)cc3)CC2)c1C. The van der Waals surface area contributed by atoms with E-state index in [-0.39, 0.29) is 22.6 Å². The third-order valence-corrected chi connectivity index (χ3v) is 5.56. The first-order valence-corrected chi connectivity index (χ1v) is 9.52. The molecule has 1 aliphatic rings. The molecule has 3 rings (SSSR count). The molecule has 0 spiro atoms. The number of nitrogens with zero attached hydrogens (tertiary/aromatic N) is 2. The number of carbonyl (C=O) groups is 1. The third-order valence-electron chi connectivity index (χ3n) is 4.82. The normalized spacial score (nSPS) is 15.1. The van der Waals surface area contributed by atoms with Crippen molar-refractivity contribution in [1.29, 1.82) is 0 Å². The first-order valence-electron chi connectivity index (χ1n) is 8.71. The van der Waals surface area contributed by atoms with Crippen molar-refractivity contribution >= 4 is 23.4 Å². The Morgan fingerprint density at radius 3 is 2.19 bits per heavy atom. The van der Waals surface area contributed by atoms with Crippen molar-refractivity contribution in [2.45, 2.75) is 24.3 Å². The fourth-order valence-corrected chi connectivity index (χ4v) is 3.75. The predicted octanol–water partition coefficient (Wildman–Crippen LogP) is 4.88. The number of piperazine rings is 1. The summed E-state index contributed by atoms with van der Waals surface area (Å²) in [4.78, 5) is 16.8. The summed E-state index contributed by atoms with van der Waals surface area (Å²) in [5.41, 5.74) is -0.231. The molecular weight excluding hydrogens is 373 g/mol. The Bertz CT molecular complexity index is 813. The number of hydrogen-bond acceptors (Lipinski definition) is 3. The summed E-state index contributed by atoms with van der Waals surface area (Å²) in [7, 11) is 0. The fourth-order valence-electron chi connectivity index (χ4n) is 3.21. The van der Waals surface area contributed by atoms with Gasteiger partial charge in [-0.25, -0.2) is 0 Å². The van der Waals surface area contributed by atoms with Gasteiger partial charge in [0.25, 0.3) is 5.91 Å². The highest BCUT2D eigenvalue weighted by Gasteiger charge is 2.29. The van der Waals surface area contributed by atoms with Crippen LogP contribution in [0.1, 0.15) is 21.5 Å². The molecule has 7 heteroatoms. The molecule has 0 N–H and O–H groups in total. The van der Waals surface area contributed by atoms with Crippen LogP contribution in [0, 0.1) is 13.8 Å². The summed E-state index contributed by atoms with van der Waals surface area (Å²) in [6.07, 6.45) is 0. The first kappa shape index (κ1) is 19.6. The molecule has 1 saturated heterocycles. The van der Waals surface area contributed by atoms with Crippen molar-refractivity contribution in [3.05, 3.63) is 59.2 Å². The van der Waals surface area contributed by atoms with E-state index in [9.17, 15) is 18.0 Å². The maximum Gasteiger partial charge on any atom is 0.446 e. The Kier molecular flexibility index (Phi) is 5.69. The van der Waals surface area contributed by atoms with Crippen LogP contribution >= 0.6 is 11.8 Å². The lowest BCUT2D eigenvalue weighted by atomic mass is 10.1. The minimum Gasteiger partial charge on any atom is -0.368 e. The van der Waals surface area contributed by atoms with Crippen molar-refractivity contribution < 1.29 is 18.0 Å². The van der Waals surface area contributed by atoms with Crippen LogP contribution in [0.15, 0.2) is 47.4 Å². The van der Waals surface area contributed by atoms with Gasteiger partial charge in [0.15, 0.2) is 0 Å². The van der Waals surface area contributed by atoms with Gasteiger partial charge in [-0.3, -0.25) is 4.79 Å². The van der Waals surface area contributed by atoms with E-state index in [1.54, 1.807) is 4.90 Å². The molecule has 2 aromatic carbocycles. The molecule has 0 unspecified atom stereocenters.